The third-order valence-corrected chi connectivity index (χ3v) is 0.873. The fraction of sp³-hybridized carbons (Fsp3) is 0.571. The fourth-order valence-electron chi connectivity index (χ4n) is 0.469. The second-order valence-electron chi connectivity index (χ2n) is 1.64. The number of rotatable bonds is 5. The highest BCUT2D eigenvalue weighted by Crippen LogP contribution is 1.85. The zero-order valence-electron chi connectivity index (χ0n) is 5.67. The first-order valence-corrected chi connectivity index (χ1v) is 3.12. The van der Waals surface area contributed by atoms with E-state index < -0.39 is 0 Å². The second kappa shape index (κ2) is 7.21. The van der Waals surface area contributed by atoms with Gasteiger partial charge in [-0.25, -0.2) is 0 Å². The molecule has 9 heavy (non-hydrogen) atoms. The molecule has 52 valence electrons. The SMILES string of the molecule is CC/C=C\CCOC=O. The lowest BCUT2D eigenvalue weighted by Gasteiger charge is -1.89. The van der Waals surface area contributed by atoms with Crippen molar-refractivity contribution in [1.82, 2.24) is 0 Å². The van der Waals surface area contributed by atoms with E-state index in [-0.39, 0.29) is 0 Å². The van der Waals surface area contributed by atoms with E-state index in [1.54, 1.807) is 0 Å². The maximum Gasteiger partial charge on any atom is 0.293 e. The molecule has 0 atom stereocenters. The molecule has 0 aromatic carbocycles. The minimum atomic E-state index is 0.472. The second-order valence-corrected chi connectivity index (χ2v) is 1.64. The summed E-state index contributed by atoms with van der Waals surface area (Å²) in [6.45, 7) is 3.04. The Balaban J connectivity index is 2.90. The van der Waals surface area contributed by atoms with Crippen LogP contribution in [0.4, 0.5) is 0 Å². The van der Waals surface area contributed by atoms with Gasteiger partial charge in [-0.05, 0) is 12.8 Å². The lowest BCUT2D eigenvalue weighted by molar-refractivity contribution is -0.128. The highest BCUT2D eigenvalue weighted by Gasteiger charge is 1.77. The van der Waals surface area contributed by atoms with E-state index in [1.165, 1.54) is 0 Å². The number of carbonyl (C=O) groups is 1. The van der Waals surface area contributed by atoms with Crippen molar-refractivity contribution >= 4 is 6.47 Å². The number of carbonyl (C=O) groups excluding carboxylic acids is 1. The van der Waals surface area contributed by atoms with E-state index in [4.69, 9.17) is 0 Å². The average Bonchev–Trinajstić information content (AvgIpc) is 1.89. The molecule has 0 aromatic heterocycles. The first-order chi connectivity index (χ1) is 4.41. The molecule has 0 aliphatic heterocycles. The molecule has 0 spiro atoms. The zero-order valence-corrected chi connectivity index (χ0v) is 5.67. The first-order valence-electron chi connectivity index (χ1n) is 3.12. The average molecular weight is 128 g/mol. The van der Waals surface area contributed by atoms with Gasteiger partial charge in [-0.1, -0.05) is 19.1 Å². The minimum absolute atomic E-state index is 0.472. The lowest BCUT2D eigenvalue weighted by Crippen LogP contribution is -1.87. The standard InChI is InChI=1S/C7H12O2/c1-2-3-4-5-6-9-7-8/h3-4,7H,2,5-6H2,1H3/b4-3-. The Kier molecular flexibility index (Phi) is 6.58. The van der Waals surface area contributed by atoms with Gasteiger partial charge in [-0.3, -0.25) is 4.79 Å². The van der Waals surface area contributed by atoms with Gasteiger partial charge in [-0.2, -0.15) is 0 Å². The van der Waals surface area contributed by atoms with Crippen molar-refractivity contribution in [3.8, 4) is 0 Å². The highest BCUT2D eigenvalue weighted by atomic mass is 16.5. The molecule has 0 aliphatic rings. The van der Waals surface area contributed by atoms with Crippen molar-refractivity contribution in [2.75, 3.05) is 6.61 Å². The predicted octanol–water partition coefficient (Wildman–Crippen LogP) is 1.52. The van der Waals surface area contributed by atoms with Crippen LogP contribution in [0.25, 0.3) is 0 Å². The topological polar surface area (TPSA) is 26.3 Å². The lowest BCUT2D eigenvalue weighted by atomic mass is 10.3. The van der Waals surface area contributed by atoms with E-state index in [0.717, 1.165) is 12.8 Å². The van der Waals surface area contributed by atoms with Crippen LogP contribution in [0.15, 0.2) is 12.2 Å². The summed E-state index contributed by atoms with van der Waals surface area (Å²) in [5.74, 6) is 0. The van der Waals surface area contributed by atoms with Crippen LogP contribution in [0.2, 0.25) is 0 Å². The summed E-state index contributed by atoms with van der Waals surface area (Å²) < 4.78 is 4.45. The van der Waals surface area contributed by atoms with E-state index >= 15 is 0 Å². The molecule has 0 aliphatic carbocycles. The summed E-state index contributed by atoms with van der Waals surface area (Å²) in [5.41, 5.74) is 0. The van der Waals surface area contributed by atoms with Gasteiger partial charge in [0.25, 0.3) is 6.47 Å². The van der Waals surface area contributed by atoms with Gasteiger partial charge in [0.1, 0.15) is 0 Å². The van der Waals surface area contributed by atoms with Gasteiger partial charge in [-0.15, -0.1) is 0 Å². The number of hydrogen-bond donors (Lipinski definition) is 0. The van der Waals surface area contributed by atoms with Crippen LogP contribution in [-0.2, 0) is 9.53 Å². The maximum atomic E-state index is 9.59. The van der Waals surface area contributed by atoms with E-state index in [2.05, 4.69) is 11.7 Å². The summed E-state index contributed by atoms with van der Waals surface area (Å²) in [6, 6.07) is 0. The van der Waals surface area contributed by atoms with Crippen LogP contribution in [0, 0.1) is 0 Å². The van der Waals surface area contributed by atoms with Crippen LogP contribution in [0.5, 0.6) is 0 Å². The molecule has 0 N–H and O–H groups in total. The molecule has 0 radical (unpaired) electrons. The Labute approximate surface area is 55.5 Å². The van der Waals surface area contributed by atoms with Crippen LogP contribution in [-0.4, -0.2) is 13.1 Å². The van der Waals surface area contributed by atoms with E-state index in [9.17, 15) is 4.79 Å². The van der Waals surface area contributed by atoms with Crippen LogP contribution >= 0.6 is 0 Å². The number of hydrogen-bond acceptors (Lipinski definition) is 2. The van der Waals surface area contributed by atoms with Gasteiger partial charge in [0, 0.05) is 0 Å². The van der Waals surface area contributed by atoms with Gasteiger partial charge in [0.15, 0.2) is 0 Å². The van der Waals surface area contributed by atoms with Crippen molar-refractivity contribution in [1.29, 1.82) is 0 Å². The molecular formula is C7H12O2. The first kappa shape index (κ1) is 8.21. The molecule has 0 unspecified atom stereocenters. The van der Waals surface area contributed by atoms with Gasteiger partial charge >= 0.3 is 0 Å². The molecule has 0 rings (SSSR count). The summed E-state index contributed by atoms with van der Waals surface area (Å²) in [6.07, 6.45) is 5.92. The Hall–Kier alpha value is -0.790. The van der Waals surface area contributed by atoms with Crippen molar-refractivity contribution in [3.63, 3.8) is 0 Å². The third-order valence-electron chi connectivity index (χ3n) is 0.873. The van der Waals surface area contributed by atoms with Gasteiger partial charge in [0.2, 0.25) is 0 Å². The summed E-state index contributed by atoms with van der Waals surface area (Å²) in [5, 5.41) is 0. The summed E-state index contributed by atoms with van der Waals surface area (Å²) in [4.78, 5) is 9.59. The van der Waals surface area contributed by atoms with Crippen molar-refractivity contribution in [2.24, 2.45) is 0 Å². The molecule has 2 heteroatoms. The monoisotopic (exact) mass is 128 g/mol. The number of allylic oxidation sites excluding steroid dienone is 1. The van der Waals surface area contributed by atoms with Crippen LogP contribution in [0.1, 0.15) is 19.8 Å². The summed E-state index contributed by atoms with van der Waals surface area (Å²) >= 11 is 0. The Bertz CT molecular complexity index is 86.9. The molecular weight excluding hydrogens is 116 g/mol. The molecule has 0 heterocycles. The third kappa shape index (κ3) is 7.21. The van der Waals surface area contributed by atoms with Crippen molar-refractivity contribution < 1.29 is 9.53 Å². The predicted molar refractivity (Wildman–Crippen MR) is 36.1 cm³/mol. The van der Waals surface area contributed by atoms with Gasteiger partial charge < -0.3 is 4.74 Å². The highest BCUT2D eigenvalue weighted by molar-refractivity contribution is 5.36. The smallest absolute Gasteiger partial charge is 0.293 e. The fourth-order valence-corrected chi connectivity index (χ4v) is 0.469. The molecule has 0 bridgehead atoms. The van der Waals surface area contributed by atoms with E-state index in [1.807, 2.05) is 12.2 Å². The minimum Gasteiger partial charge on any atom is -0.468 e. The molecule has 0 amide bonds. The van der Waals surface area contributed by atoms with Crippen LogP contribution in [0.3, 0.4) is 0 Å². The molecule has 0 fully saturated rings. The molecule has 0 aromatic rings. The zero-order chi connectivity index (χ0) is 6.95. The maximum absolute atomic E-state index is 9.59. The Morgan fingerprint density at radius 2 is 2.22 bits per heavy atom. The number of ether oxygens (including phenoxy) is 1. The molecule has 0 saturated heterocycles. The largest absolute Gasteiger partial charge is 0.468 e. The van der Waals surface area contributed by atoms with E-state index in [0.29, 0.717) is 13.1 Å². The molecule has 2 nitrogen and oxygen atoms in total. The Morgan fingerprint density at radius 1 is 1.44 bits per heavy atom. The normalized spacial score (nSPS) is 9.89. The quantitative estimate of drug-likeness (QED) is 0.319. The summed E-state index contributed by atoms with van der Waals surface area (Å²) in [7, 11) is 0. The Morgan fingerprint density at radius 3 is 2.78 bits per heavy atom. The molecule has 0 saturated carbocycles. The van der Waals surface area contributed by atoms with Crippen LogP contribution < -0.4 is 0 Å². The van der Waals surface area contributed by atoms with Crippen molar-refractivity contribution in [3.05, 3.63) is 12.2 Å². The van der Waals surface area contributed by atoms with Gasteiger partial charge in [0.05, 0.1) is 6.61 Å². The van der Waals surface area contributed by atoms with Crippen molar-refractivity contribution in [2.45, 2.75) is 19.8 Å².